The Morgan fingerprint density at radius 2 is 1.86 bits per heavy atom. The first-order valence-electron chi connectivity index (χ1n) is 11.2. The Morgan fingerprint density at radius 3 is 2.51 bits per heavy atom. The first kappa shape index (κ1) is 25.6. The minimum atomic E-state index is -0.607. The summed E-state index contributed by atoms with van der Waals surface area (Å²) in [6.45, 7) is 4.52. The van der Waals surface area contributed by atoms with Crippen LogP contribution in [0, 0.1) is 24.6 Å². The van der Waals surface area contributed by atoms with E-state index in [-0.39, 0.29) is 17.6 Å². The van der Waals surface area contributed by atoms with E-state index < -0.39 is 11.7 Å². The van der Waals surface area contributed by atoms with Crippen LogP contribution < -0.4 is 11.5 Å². The second-order valence-electron chi connectivity index (χ2n) is 8.66. The van der Waals surface area contributed by atoms with Crippen LogP contribution in [0.15, 0.2) is 36.5 Å². The van der Waals surface area contributed by atoms with Gasteiger partial charge in [0.2, 0.25) is 5.95 Å². The van der Waals surface area contributed by atoms with Crippen molar-refractivity contribution in [3.63, 3.8) is 0 Å². The number of nitrogens with zero attached hydrogens (tertiary/aromatic N) is 5. The van der Waals surface area contributed by atoms with E-state index in [1.807, 2.05) is 25.9 Å². The van der Waals surface area contributed by atoms with Gasteiger partial charge in [-0.3, -0.25) is 4.79 Å². The zero-order chi connectivity index (χ0) is 25.7. The highest BCUT2D eigenvalue weighted by atomic mass is 19.1. The molecular formula is C26H30FN7O. The van der Waals surface area contributed by atoms with E-state index in [1.165, 1.54) is 12.1 Å². The fourth-order valence-electron chi connectivity index (χ4n) is 3.43. The van der Waals surface area contributed by atoms with Gasteiger partial charge in [-0.2, -0.15) is 0 Å². The van der Waals surface area contributed by atoms with E-state index in [0.29, 0.717) is 33.9 Å². The summed E-state index contributed by atoms with van der Waals surface area (Å²) in [5.74, 6) is 5.53. The van der Waals surface area contributed by atoms with Crippen molar-refractivity contribution >= 4 is 17.7 Å². The number of carbonyl (C=O) groups excluding carboxylic acids is 1. The van der Waals surface area contributed by atoms with E-state index in [4.69, 9.17) is 11.5 Å². The molecule has 2 heterocycles. The molecule has 0 bridgehead atoms. The Labute approximate surface area is 205 Å². The van der Waals surface area contributed by atoms with Crippen LogP contribution in [0.2, 0.25) is 0 Å². The molecule has 0 aliphatic heterocycles. The lowest BCUT2D eigenvalue weighted by Crippen LogP contribution is -2.37. The number of nitrogens with two attached hydrogens (primary N) is 2. The standard InChI is InChI=1S/C26H30FN7O/c1-16(12-13-33(3)4)34(5)25(35)21-14-19(8-10-22(21)27)24-20(17(2)31-26(29)32-24)9-6-18-7-11-23(28)30-15-18/h7-8,10-11,14-16H,12-13H2,1-5H3,(H2,28,30)(H2,29,31,32). The molecule has 182 valence electrons. The van der Waals surface area contributed by atoms with Gasteiger partial charge in [0.15, 0.2) is 0 Å². The maximum atomic E-state index is 14.8. The lowest BCUT2D eigenvalue weighted by atomic mass is 10.0. The van der Waals surface area contributed by atoms with Gasteiger partial charge in [0.25, 0.3) is 5.91 Å². The van der Waals surface area contributed by atoms with Gasteiger partial charge in [0.05, 0.1) is 22.5 Å². The first-order chi connectivity index (χ1) is 16.6. The van der Waals surface area contributed by atoms with E-state index >= 15 is 0 Å². The van der Waals surface area contributed by atoms with Gasteiger partial charge >= 0.3 is 0 Å². The van der Waals surface area contributed by atoms with Gasteiger partial charge < -0.3 is 21.3 Å². The molecule has 4 N–H and O–H groups in total. The van der Waals surface area contributed by atoms with Crippen molar-refractivity contribution < 1.29 is 9.18 Å². The van der Waals surface area contributed by atoms with E-state index in [9.17, 15) is 9.18 Å². The Hall–Kier alpha value is -4.03. The van der Waals surface area contributed by atoms with Crippen LogP contribution in [-0.2, 0) is 0 Å². The molecule has 0 aliphatic carbocycles. The number of nitrogen functional groups attached to an aromatic ring is 2. The third kappa shape index (κ3) is 6.31. The van der Waals surface area contributed by atoms with Gasteiger partial charge in [0, 0.05) is 30.4 Å². The molecule has 0 fully saturated rings. The average molecular weight is 476 g/mol. The molecule has 1 atom stereocenters. The van der Waals surface area contributed by atoms with Crippen LogP contribution in [0.4, 0.5) is 16.2 Å². The molecule has 1 unspecified atom stereocenters. The van der Waals surface area contributed by atoms with Gasteiger partial charge in [-0.1, -0.05) is 11.8 Å². The number of pyridine rings is 1. The Kier molecular flexibility index (Phi) is 7.99. The second-order valence-corrected chi connectivity index (χ2v) is 8.66. The Morgan fingerprint density at radius 1 is 1.11 bits per heavy atom. The van der Waals surface area contributed by atoms with Gasteiger partial charge in [-0.05, 0) is 71.2 Å². The smallest absolute Gasteiger partial charge is 0.256 e. The zero-order valence-electron chi connectivity index (χ0n) is 20.6. The molecule has 8 nitrogen and oxygen atoms in total. The Balaban J connectivity index is 2.01. The number of aryl methyl sites for hydroxylation is 1. The van der Waals surface area contributed by atoms with Crippen molar-refractivity contribution in [1.82, 2.24) is 24.8 Å². The highest BCUT2D eigenvalue weighted by molar-refractivity contribution is 5.96. The summed E-state index contributed by atoms with van der Waals surface area (Å²) in [5, 5.41) is 0. The van der Waals surface area contributed by atoms with Crippen molar-refractivity contribution in [3.8, 4) is 23.1 Å². The van der Waals surface area contributed by atoms with Crippen molar-refractivity contribution in [2.45, 2.75) is 26.3 Å². The molecule has 3 aromatic rings. The molecule has 35 heavy (non-hydrogen) atoms. The van der Waals surface area contributed by atoms with Gasteiger partial charge in [0.1, 0.15) is 11.6 Å². The molecule has 1 amide bonds. The summed E-state index contributed by atoms with van der Waals surface area (Å²) < 4.78 is 14.8. The van der Waals surface area contributed by atoms with Crippen LogP contribution in [0.1, 0.15) is 40.5 Å². The lowest BCUT2D eigenvalue weighted by Gasteiger charge is -2.26. The summed E-state index contributed by atoms with van der Waals surface area (Å²) in [5.41, 5.74) is 14.2. The third-order valence-corrected chi connectivity index (χ3v) is 5.67. The number of hydrogen-bond acceptors (Lipinski definition) is 7. The normalized spacial score (nSPS) is 11.6. The number of benzene rings is 1. The van der Waals surface area contributed by atoms with Gasteiger partial charge in [-0.25, -0.2) is 19.3 Å². The van der Waals surface area contributed by atoms with E-state index in [2.05, 4.69) is 26.8 Å². The van der Waals surface area contributed by atoms with Crippen molar-refractivity contribution in [3.05, 3.63) is 64.7 Å². The SMILES string of the molecule is Cc1nc(N)nc(-c2ccc(F)c(C(=O)N(C)C(C)CCN(C)C)c2)c1C#Cc1ccc(N)nc1. The van der Waals surface area contributed by atoms with Crippen LogP contribution in [-0.4, -0.2) is 64.4 Å². The molecular weight excluding hydrogens is 445 g/mol. The first-order valence-corrected chi connectivity index (χ1v) is 11.2. The molecule has 0 spiro atoms. The number of aromatic nitrogens is 3. The average Bonchev–Trinajstić information content (AvgIpc) is 2.82. The summed E-state index contributed by atoms with van der Waals surface area (Å²) in [6.07, 6.45) is 2.33. The Bertz CT molecular complexity index is 1280. The minimum absolute atomic E-state index is 0.0433. The van der Waals surface area contributed by atoms with E-state index in [1.54, 1.807) is 43.3 Å². The topological polar surface area (TPSA) is 114 Å². The number of carbonyl (C=O) groups is 1. The highest BCUT2D eigenvalue weighted by Crippen LogP contribution is 2.27. The lowest BCUT2D eigenvalue weighted by molar-refractivity contribution is 0.0727. The number of anilines is 2. The van der Waals surface area contributed by atoms with Crippen molar-refractivity contribution in [1.29, 1.82) is 0 Å². The summed E-state index contributed by atoms with van der Waals surface area (Å²) in [6, 6.07) is 7.65. The highest BCUT2D eigenvalue weighted by Gasteiger charge is 2.22. The molecule has 9 heteroatoms. The maximum absolute atomic E-state index is 14.8. The number of amides is 1. The molecule has 1 aromatic carbocycles. The zero-order valence-corrected chi connectivity index (χ0v) is 20.6. The second kappa shape index (κ2) is 10.9. The predicted octanol–water partition coefficient (Wildman–Crippen LogP) is 2.96. The van der Waals surface area contributed by atoms with Gasteiger partial charge in [-0.15, -0.1) is 0 Å². The largest absolute Gasteiger partial charge is 0.384 e. The monoisotopic (exact) mass is 475 g/mol. The van der Waals surface area contributed by atoms with Crippen LogP contribution in [0.3, 0.4) is 0 Å². The third-order valence-electron chi connectivity index (χ3n) is 5.67. The fraction of sp³-hybridized carbons (Fsp3) is 0.308. The quantitative estimate of drug-likeness (QED) is 0.527. The molecule has 0 radical (unpaired) electrons. The summed E-state index contributed by atoms with van der Waals surface area (Å²) in [7, 11) is 5.62. The van der Waals surface area contributed by atoms with Crippen molar-refractivity contribution in [2.24, 2.45) is 0 Å². The fourth-order valence-corrected chi connectivity index (χ4v) is 3.43. The maximum Gasteiger partial charge on any atom is 0.256 e. The van der Waals surface area contributed by atoms with E-state index in [0.717, 1.165) is 13.0 Å². The van der Waals surface area contributed by atoms with Crippen LogP contribution in [0.5, 0.6) is 0 Å². The number of hydrogen-bond donors (Lipinski definition) is 2. The summed E-state index contributed by atoms with van der Waals surface area (Å²) >= 11 is 0. The molecule has 0 saturated carbocycles. The predicted molar refractivity (Wildman–Crippen MR) is 136 cm³/mol. The molecule has 0 saturated heterocycles. The van der Waals surface area contributed by atoms with Crippen LogP contribution >= 0.6 is 0 Å². The minimum Gasteiger partial charge on any atom is -0.384 e. The number of rotatable bonds is 6. The molecule has 0 aliphatic rings. The number of halogens is 1. The molecule has 2 aromatic heterocycles. The van der Waals surface area contributed by atoms with Crippen molar-refractivity contribution in [2.75, 3.05) is 39.2 Å². The summed E-state index contributed by atoms with van der Waals surface area (Å²) in [4.78, 5) is 29.4. The van der Waals surface area contributed by atoms with Crippen LogP contribution in [0.25, 0.3) is 11.3 Å². The molecule has 3 rings (SSSR count).